The highest BCUT2D eigenvalue weighted by Gasteiger charge is 2.05. The minimum absolute atomic E-state index is 0.128. The summed E-state index contributed by atoms with van der Waals surface area (Å²) < 4.78 is 5.75. The SMILES string of the molecule is COC(=O)CCCN(C)CCc1cc(Br)ccc1C. The second-order valence-corrected chi connectivity index (χ2v) is 5.72. The third-order valence-corrected chi connectivity index (χ3v) is 3.72. The highest BCUT2D eigenvalue weighted by Crippen LogP contribution is 2.16. The molecule has 4 heteroatoms. The van der Waals surface area contributed by atoms with E-state index in [0.717, 1.165) is 30.4 Å². The highest BCUT2D eigenvalue weighted by atomic mass is 79.9. The van der Waals surface area contributed by atoms with Gasteiger partial charge in [-0.25, -0.2) is 0 Å². The summed E-state index contributed by atoms with van der Waals surface area (Å²) in [6, 6.07) is 6.38. The fourth-order valence-corrected chi connectivity index (χ4v) is 2.34. The van der Waals surface area contributed by atoms with Crippen molar-refractivity contribution in [3.8, 4) is 0 Å². The van der Waals surface area contributed by atoms with Gasteiger partial charge in [0.05, 0.1) is 7.11 Å². The van der Waals surface area contributed by atoms with Crippen LogP contribution in [-0.2, 0) is 16.0 Å². The summed E-state index contributed by atoms with van der Waals surface area (Å²) in [5, 5.41) is 0. The molecule has 0 spiro atoms. The van der Waals surface area contributed by atoms with Crippen molar-refractivity contribution in [2.75, 3.05) is 27.2 Å². The Labute approximate surface area is 124 Å². The Morgan fingerprint density at radius 1 is 1.37 bits per heavy atom. The molecule has 0 bridgehead atoms. The molecule has 3 nitrogen and oxygen atoms in total. The number of esters is 1. The van der Waals surface area contributed by atoms with Crippen LogP contribution in [0.2, 0.25) is 0 Å². The van der Waals surface area contributed by atoms with Crippen LogP contribution >= 0.6 is 15.9 Å². The molecule has 0 unspecified atom stereocenters. The van der Waals surface area contributed by atoms with Crippen molar-refractivity contribution >= 4 is 21.9 Å². The maximum Gasteiger partial charge on any atom is 0.305 e. The van der Waals surface area contributed by atoms with Crippen molar-refractivity contribution in [3.63, 3.8) is 0 Å². The fraction of sp³-hybridized carbons (Fsp3) is 0.533. The lowest BCUT2D eigenvalue weighted by Crippen LogP contribution is -2.23. The number of hydrogen-bond donors (Lipinski definition) is 0. The Morgan fingerprint density at radius 2 is 2.11 bits per heavy atom. The van der Waals surface area contributed by atoms with Gasteiger partial charge in [-0.05, 0) is 56.6 Å². The van der Waals surface area contributed by atoms with Gasteiger partial charge in [0, 0.05) is 17.4 Å². The van der Waals surface area contributed by atoms with E-state index >= 15 is 0 Å². The number of halogens is 1. The highest BCUT2D eigenvalue weighted by molar-refractivity contribution is 9.10. The minimum Gasteiger partial charge on any atom is -0.469 e. The third kappa shape index (κ3) is 6.21. The van der Waals surface area contributed by atoms with Crippen LogP contribution in [0, 0.1) is 6.92 Å². The topological polar surface area (TPSA) is 29.5 Å². The molecule has 1 rings (SSSR count). The number of aryl methyl sites for hydroxylation is 1. The van der Waals surface area contributed by atoms with E-state index < -0.39 is 0 Å². The van der Waals surface area contributed by atoms with Gasteiger partial charge in [0.1, 0.15) is 0 Å². The lowest BCUT2D eigenvalue weighted by molar-refractivity contribution is -0.140. The summed E-state index contributed by atoms with van der Waals surface area (Å²) in [7, 11) is 3.52. The second kappa shape index (κ2) is 8.33. The third-order valence-electron chi connectivity index (χ3n) is 3.22. The molecule has 0 N–H and O–H groups in total. The van der Waals surface area contributed by atoms with Crippen molar-refractivity contribution in [2.24, 2.45) is 0 Å². The van der Waals surface area contributed by atoms with Crippen molar-refractivity contribution in [1.82, 2.24) is 4.90 Å². The minimum atomic E-state index is -0.128. The summed E-state index contributed by atoms with van der Waals surface area (Å²) in [6.07, 6.45) is 2.37. The normalized spacial score (nSPS) is 10.8. The molecule has 1 aromatic carbocycles. The van der Waals surface area contributed by atoms with Crippen LogP contribution in [0.3, 0.4) is 0 Å². The van der Waals surface area contributed by atoms with Crippen molar-refractivity contribution in [2.45, 2.75) is 26.2 Å². The van der Waals surface area contributed by atoms with Gasteiger partial charge in [-0.15, -0.1) is 0 Å². The zero-order valence-corrected chi connectivity index (χ0v) is 13.5. The van der Waals surface area contributed by atoms with Crippen molar-refractivity contribution in [3.05, 3.63) is 33.8 Å². The number of nitrogens with zero attached hydrogens (tertiary/aromatic N) is 1. The first kappa shape index (κ1) is 16.2. The number of methoxy groups -OCH3 is 1. The molecule has 0 atom stereocenters. The van der Waals surface area contributed by atoms with E-state index in [1.54, 1.807) is 0 Å². The summed E-state index contributed by atoms with van der Waals surface area (Å²) in [5.41, 5.74) is 2.69. The van der Waals surface area contributed by atoms with Gasteiger partial charge in [-0.2, -0.15) is 0 Å². The van der Waals surface area contributed by atoms with Gasteiger partial charge < -0.3 is 9.64 Å². The first-order chi connectivity index (χ1) is 9.02. The first-order valence-corrected chi connectivity index (χ1v) is 7.32. The Hall–Kier alpha value is -0.870. The molecule has 0 fully saturated rings. The summed E-state index contributed by atoms with van der Waals surface area (Å²) >= 11 is 3.50. The number of ether oxygens (including phenoxy) is 1. The Morgan fingerprint density at radius 3 is 2.79 bits per heavy atom. The zero-order valence-electron chi connectivity index (χ0n) is 11.9. The Bertz CT molecular complexity index is 421. The van der Waals surface area contributed by atoms with Crippen LogP contribution in [-0.4, -0.2) is 38.1 Å². The fourth-order valence-electron chi connectivity index (χ4n) is 1.93. The molecule has 0 aromatic heterocycles. The molecule has 1 aromatic rings. The van der Waals surface area contributed by atoms with Gasteiger partial charge in [0.25, 0.3) is 0 Å². The Kier molecular flexibility index (Phi) is 7.10. The van der Waals surface area contributed by atoms with E-state index in [1.807, 2.05) is 0 Å². The lowest BCUT2D eigenvalue weighted by Gasteiger charge is -2.17. The maximum absolute atomic E-state index is 11.0. The molecule has 0 radical (unpaired) electrons. The summed E-state index contributed by atoms with van der Waals surface area (Å²) in [4.78, 5) is 13.3. The zero-order chi connectivity index (χ0) is 14.3. The van der Waals surface area contributed by atoms with Crippen molar-refractivity contribution < 1.29 is 9.53 Å². The van der Waals surface area contributed by atoms with E-state index in [-0.39, 0.29) is 5.97 Å². The van der Waals surface area contributed by atoms with Gasteiger partial charge in [0.2, 0.25) is 0 Å². The van der Waals surface area contributed by atoms with Crippen LogP contribution in [0.5, 0.6) is 0 Å². The number of carbonyl (C=O) groups is 1. The molecule has 0 amide bonds. The predicted octanol–water partition coefficient (Wildman–Crippen LogP) is 3.19. The quantitative estimate of drug-likeness (QED) is 0.720. The molecule has 0 heterocycles. The van der Waals surface area contributed by atoms with Gasteiger partial charge in [-0.1, -0.05) is 22.0 Å². The molecule has 106 valence electrons. The average Bonchev–Trinajstić information content (AvgIpc) is 2.39. The molecule has 19 heavy (non-hydrogen) atoms. The van der Waals surface area contributed by atoms with Gasteiger partial charge in [0.15, 0.2) is 0 Å². The monoisotopic (exact) mass is 327 g/mol. The second-order valence-electron chi connectivity index (χ2n) is 4.80. The maximum atomic E-state index is 11.0. The van der Waals surface area contributed by atoms with Crippen molar-refractivity contribution in [1.29, 1.82) is 0 Å². The largest absolute Gasteiger partial charge is 0.469 e. The lowest BCUT2D eigenvalue weighted by atomic mass is 10.1. The molecule has 0 aliphatic rings. The number of likely N-dealkylation sites (N-methyl/N-ethyl adjacent to an activating group) is 1. The van der Waals surface area contributed by atoms with E-state index in [1.165, 1.54) is 18.2 Å². The van der Waals surface area contributed by atoms with Gasteiger partial charge >= 0.3 is 5.97 Å². The summed E-state index contributed by atoms with van der Waals surface area (Å²) in [5.74, 6) is -0.128. The summed E-state index contributed by atoms with van der Waals surface area (Å²) in [6.45, 7) is 4.06. The number of benzene rings is 1. The average molecular weight is 328 g/mol. The first-order valence-electron chi connectivity index (χ1n) is 6.53. The molecular formula is C15H22BrNO2. The Balaban J connectivity index is 2.31. The smallest absolute Gasteiger partial charge is 0.305 e. The van der Waals surface area contributed by atoms with Crippen LogP contribution in [0.4, 0.5) is 0 Å². The molecule has 0 saturated carbocycles. The predicted molar refractivity (Wildman–Crippen MR) is 81.3 cm³/mol. The van der Waals surface area contributed by atoms with E-state index in [0.29, 0.717) is 6.42 Å². The van der Waals surface area contributed by atoms with Crippen LogP contribution in [0.15, 0.2) is 22.7 Å². The standard InChI is InChI=1S/C15H22BrNO2/c1-12-6-7-14(16)11-13(12)8-10-17(2)9-4-5-15(18)19-3/h6-7,11H,4-5,8-10H2,1-3H3. The molecular weight excluding hydrogens is 306 g/mol. The molecule has 0 aliphatic carbocycles. The van der Waals surface area contributed by atoms with Crippen LogP contribution in [0.25, 0.3) is 0 Å². The van der Waals surface area contributed by atoms with Crippen LogP contribution < -0.4 is 0 Å². The molecule has 0 saturated heterocycles. The number of carbonyl (C=O) groups excluding carboxylic acids is 1. The van der Waals surface area contributed by atoms with E-state index in [4.69, 9.17) is 0 Å². The number of hydrogen-bond acceptors (Lipinski definition) is 3. The molecule has 0 aliphatic heterocycles. The van der Waals surface area contributed by atoms with Gasteiger partial charge in [-0.3, -0.25) is 4.79 Å². The van der Waals surface area contributed by atoms with E-state index in [9.17, 15) is 4.79 Å². The number of rotatable bonds is 7. The van der Waals surface area contributed by atoms with E-state index in [2.05, 4.69) is 57.7 Å². The van der Waals surface area contributed by atoms with Crippen LogP contribution in [0.1, 0.15) is 24.0 Å².